The highest BCUT2D eigenvalue weighted by atomic mass is 19.1. The summed E-state index contributed by atoms with van der Waals surface area (Å²) in [4.78, 5) is 6.35. The molecule has 0 aliphatic rings. The van der Waals surface area contributed by atoms with Crippen LogP contribution in [0.25, 0.3) is 0 Å². The third-order valence-corrected chi connectivity index (χ3v) is 2.94. The van der Waals surface area contributed by atoms with Crippen LogP contribution in [0, 0.1) is 5.82 Å². The molecule has 0 radical (unpaired) electrons. The number of anilines is 2. The second-order valence-electron chi connectivity index (χ2n) is 4.70. The minimum absolute atomic E-state index is 0.0737. The van der Waals surface area contributed by atoms with E-state index in [1.807, 2.05) is 31.0 Å². The molecule has 1 aromatic carbocycles. The SMILES string of the molecule is CC(N)Cc1cccnc1N(C)c1ccc(F)cc1. The van der Waals surface area contributed by atoms with Crippen LogP contribution in [0.3, 0.4) is 0 Å². The monoisotopic (exact) mass is 259 g/mol. The van der Waals surface area contributed by atoms with Gasteiger partial charge in [0.1, 0.15) is 11.6 Å². The predicted molar refractivity (Wildman–Crippen MR) is 76.1 cm³/mol. The van der Waals surface area contributed by atoms with Gasteiger partial charge in [0.05, 0.1) is 0 Å². The summed E-state index contributed by atoms with van der Waals surface area (Å²) in [6.07, 6.45) is 2.51. The summed E-state index contributed by atoms with van der Waals surface area (Å²) in [5.41, 5.74) is 7.84. The maximum absolute atomic E-state index is 13.0. The number of nitrogens with two attached hydrogens (primary N) is 1. The molecular formula is C15H18FN3. The van der Waals surface area contributed by atoms with E-state index in [-0.39, 0.29) is 11.9 Å². The van der Waals surface area contributed by atoms with Gasteiger partial charge < -0.3 is 10.6 Å². The zero-order valence-corrected chi connectivity index (χ0v) is 11.2. The quantitative estimate of drug-likeness (QED) is 0.918. The Morgan fingerprint density at radius 3 is 2.58 bits per heavy atom. The van der Waals surface area contributed by atoms with Gasteiger partial charge in [0.2, 0.25) is 0 Å². The first kappa shape index (κ1) is 13.5. The van der Waals surface area contributed by atoms with E-state index in [0.717, 1.165) is 23.5 Å². The Labute approximate surface area is 112 Å². The number of pyridine rings is 1. The van der Waals surface area contributed by atoms with Crippen molar-refractivity contribution in [2.24, 2.45) is 5.73 Å². The lowest BCUT2D eigenvalue weighted by Gasteiger charge is -2.22. The summed E-state index contributed by atoms with van der Waals surface area (Å²) in [5.74, 6) is 0.611. The lowest BCUT2D eigenvalue weighted by atomic mass is 10.1. The van der Waals surface area contributed by atoms with Crippen LogP contribution < -0.4 is 10.6 Å². The Morgan fingerprint density at radius 1 is 1.26 bits per heavy atom. The Kier molecular flexibility index (Phi) is 4.12. The molecule has 3 nitrogen and oxygen atoms in total. The first-order valence-electron chi connectivity index (χ1n) is 6.26. The third kappa shape index (κ3) is 3.29. The molecule has 19 heavy (non-hydrogen) atoms. The Balaban J connectivity index is 2.32. The molecule has 0 amide bonds. The lowest BCUT2D eigenvalue weighted by Crippen LogP contribution is -2.21. The molecule has 0 saturated carbocycles. The molecule has 0 fully saturated rings. The summed E-state index contributed by atoms with van der Waals surface area (Å²) in [6, 6.07) is 10.4. The van der Waals surface area contributed by atoms with Gasteiger partial charge in [0.15, 0.2) is 0 Å². The minimum atomic E-state index is -0.242. The van der Waals surface area contributed by atoms with Gasteiger partial charge in [-0.3, -0.25) is 0 Å². The standard InChI is InChI=1S/C15H18FN3/c1-11(17)10-12-4-3-9-18-15(12)19(2)14-7-5-13(16)6-8-14/h3-9,11H,10,17H2,1-2H3. The molecule has 1 atom stereocenters. The molecule has 4 heteroatoms. The predicted octanol–water partition coefficient (Wildman–Crippen LogP) is 2.88. The largest absolute Gasteiger partial charge is 0.329 e. The van der Waals surface area contributed by atoms with Crippen LogP contribution >= 0.6 is 0 Å². The van der Waals surface area contributed by atoms with E-state index in [9.17, 15) is 4.39 Å². The molecule has 0 aliphatic heterocycles. The van der Waals surface area contributed by atoms with Crippen molar-refractivity contribution in [3.05, 3.63) is 54.0 Å². The lowest BCUT2D eigenvalue weighted by molar-refractivity contribution is 0.628. The normalized spacial score (nSPS) is 12.2. The summed E-state index contributed by atoms with van der Waals surface area (Å²) < 4.78 is 13.0. The van der Waals surface area contributed by atoms with Gasteiger partial charge in [0.25, 0.3) is 0 Å². The van der Waals surface area contributed by atoms with Gasteiger partial charge in [-0.1, -0.05) is 6.07 Å². The van der Waals surface area contributed by atoms with Crippen molar-refractivity contribution in [2.45, 2.75) is 19.4 Å². The summed E-state index contributed by atoms with van der Waals surface area (Å²) >= 11 is 0. The van der Waals surface area contributed by atoms with Crippen molar-refractivity contribution >= 4 is 11.5 Å². The van der Waals surface area contributed by atoms with E-state index in [1.54, 1.807) is 18.3 Å². The van der Waals surface area contributed by atoms with Crippen LogP contribution in [0.2, 0.25) is 0 Å². The fraction of sp³-hybridized carbons (Fsp3) is 0.267. The van der Waals surface area contributed by atoms with Gasteiger partial charge in [-0.25, -0.2) is 9.37 Å². The molecule has 0 aliphatic carbocycles. The molecule has 1 heterocycles. The van der Waals surface area contributed by atoms with Crippen LogP contribution in [-0.2, 0) is 6.42 Å². The van der Waals surface area contributed by atoms with Crippen molar-refractivity contribution in [3.63, 3.8) is 0 Å². The van der Waals surface area contributed by atoms with Crippen LogP contribution in [0.5, 0.6) is 0 Å². The summed E-state index contributed by atoms with van der Waals surface area (Å²) in [6.45, 7) is 1.97. The molecule has 0 saturated heterocycles. The number of aromatic nitrogens is 1. The van der Waals surface area contributed by atoms with Crippen molar-refractivity contribution < 1.29 is 4.39 Å². The second-order valence-corrected chi connectivity index (χ2v) is 4.70. The van der Waals surface area contributed by atoms with Gasteiger partial charge in [-0.15, -0.1) is 0 Å². The third-order valence-electron chi connectivity index (χ3n) is 2.94. The fourth-order valence-electron chi connectivity index (χ4n) is 2.03. The van der Waals surface area contributed by atoms with Crippen molar-refractivity contribution in [1.82, 2.24) is 4.98 Å². The molecule has 1 aromatic heterocycles. The Bertz CT molecular complexity index is 537. The van der Waals surface area contributed by atoms with E-state index in [4.69, 9.17) is 5.73 Å². The highest BCUT2D eigenvalue weighted by molar-refractivity contribution is 5.62. The molecule has 0 spiro atoms. The number of hydrogen-bond acceptors (Lipinski definition) is 3. The summed E-state index contributed by atoms with van der Waals surface area (Å²) in [7, 11) is 1.92. The molecule has 2 N–H and O–H groups in total. The zero-order chi connectivity index (χ0) is 13.8. The number of halogens is 1. The van der Waals surface area contributed by atoms with Crippen molar-refractivity contribution in [2.75, 3.05) is 11.9 Å². The minimum Gasteiger partial charge on any atom is -0.329 e. The average molecular weight is 259 g/mol. The van der Waals surface area contributed by atoms with E-state index >= 15 is 0 Å². The highest BCUT2D eigenvalue weighted by Crippen LogP contribution is 2.25. The van der Waals surface area contributed by atoms with E-state index < -0.39 is 0 Å². The molecular weight excluding hydrogens is 241 g/mol. The van der Waals surface area contributed by atoms with Crippen molar-refractivity contribution in [1.29, 1.82) is 0 Å². The molecule has 2 rings (SSSR count). The average Bonchev–Trinajstić information content (AvgIpc) is 2.39. The number of benzene rings is 1. The second kappa shape index (κ2) is 5.80. The first-order chi connectivity index (χ1) is 9.08. The highest BCUT2D eigenvalue weighted by Gasteiger charge is 2.11. The van der Waals surface area contributed by atoms with Gasteiger partial charge >= 0.3 is 0 Å². The van der Waals surface area contributed by atoms with E-state index in [2.05, 4.69) is 4.98 Å². The molecule has 1 unspecified atom stereocenters. The number of nitrogens with zero attached hydrogens (tertiary/aromatic N) is 2. The molecule has 100 valence electrons. The number of rotatable bonds is 4. The summed E-state index contributed by atoms with van der Waals surface area (Å²) in [5, 5.41) is 0. The molecule has 0 bridgehead atoms. The smallest absolute Gasteiger partial charge is 0.135 e. The van der Waals surface area contributed by atoms with Crippen LogP contribution in [0.4, 0.5) is 15.9 Å². The van der Waals surface area contributed by atoms with Gasteiger partial charge in [-0.05, 0) is 49.2 Å². The van der Waals surface area contributed by atoms with E-state index in [0.29, 0.717) is 0 Å². The van der Waals surface area contributed by atoms with Crippen molar-refractivity contribution in [3.8, 4) is 0 Å². The zero-order valence-electron chi connectivity index (χ0n) is 11.2. The Hall–Kier alpha value is -1.94. The molecule has 2 aromatic rings. The fourth-order valence-corrected chi connectivity index (χ4v) is 2.03. The topological polar surface area (TPSA) is 42.1 Å². The van der Waals surface area contributed by atoms with E-state index in [1.165, 1.54) is 12.1 Å². The van der Waals surface area contributed by atoms with Crippen LogP contribution in [0.1, 0.15) is 12.5 Å². The maximum atomic E-state index is 13.0. The number of hydrogen-bond donors (Lipinski definition) is 1. The van der Waals surface area contributed by atoms with Gasteiger partial charge in [-0.2, -0.15) is 0 Å². The van der Waals surface area contributed by atoms with Crippen LogP contribution in [0.15, 0.2) is 42.6 Å². The maximum Gasteiger partial charge on any atom is 0.135 e. The van der Waals surface area contributed by atoms with Crippen LogP contribution in [-0.4, -0.2) is 18.1 Å². The Morgan fingerprint density at radius 2 is 1.95 bits per heavy atom. The van der Waals surface area contributed by atoms with Gasteiger partial charge in [0, 0.05) is 25.0 Å². The first-order valence-corrected chi connectivity index (χ1v) is 6.26.